The summed E-state index contributed by atoms with van der Waals surface area (Å²) in [4.78, 5) is 89.2. The van der Waals surface area contributed by atoms with Gasteiger partial charge in [-0.2, -0.15) is 0 Å². The number of primary amides is 1. The first-order valence-corrected chi connectivity index (χ1v) is 22.4. The van der Waals surface area contributed by atoms with Crippen LogP contribution in [0.5, 0.6) is 0 Å². The van der Waals surface area contributed by atoms with Crippen LogP contribution in [-0.2, 0) is 35.1 Å². The first-order valence-electron chi connectivity index (χ1n) is 22.4. The predicted octanol–water partition coefficient (Wildman–Crippen LogP) is 3.77. The summed E-state index contributed by atoms with van der Waals surface area (Å²) in [5, 5.41) is 12.5. The van der Waals surface area contributed by atoms with Crippen molar-refractivity contribution in [1.29, 1.82) is 0 Å². The van der Waals surface area contributed by atoms with Crippen molar-refractivity contribution in [1.82, 2.24) is 31.2 Å². The Kier molecular flexibility index (Phi) is 16.8. The van der Waals surface area contributed by atoms with Crippen molar-refractivity contribution < 1.29 is 33.5 Å². The third kappa shape index (κ3) is 13.8. The summed E-state index contributed by atoms with van der Waals surface area (Å²) in [5.74, 6) is -3.58. The molecular formula is C48H68N8O7. The Morgan fingerprint density at radius 2 is 1.49 bits per heavy atom. The Hall–Kier alpha value is -5.41. The Morgan fingerprint density at radius 1 is 0.825 bits per heavy atom. The molecule has 0 spiro atoms. The van der Waals surface area contributed by atoms with Gasteiger partial charge in [-0.25, -0.2) is 9.78 Å². The van der Waals surface area contributed by atoms with E-state index in [1.165, 1.54) is 6.07 Å². The number of hydrogen-bond acceptors (Lipinski definition) is 10. The molecule has 8 atom stereocenters. The molecule has 1 aromatic heterocycles. The number of nitrogens with zero attached hydrogens (tertiary/aromatic N) is 2. The Morgan fingerprint density at radius 3 is 2.14 bits per heavy atom. The maximum Gasteiger partial charge on any atom is 0.329 e. The molecule has 1 saturated heterocycles. The normalized spacial score (nSPS) is 20.4. The van der Waals surface area contributed by atoms with Gasteiger partial charge in [-0.1, -0.05) is 102 Å². The van der Waals surface area contributed by atoms with Crippen LogP contribution in [0.1, 0.15) is 103 Å². The molecule has 342 valence electrons. The van der Waals surface area contributed by atoms with Gasteiger partial charge in [-0.15, -0.1) is 0 Å². The lowest BCUT2D eigenvalue weighted by Crippen LogP contribution is -2.62. The minimum atomic E-state index is -1.43. The van der Waals surface area contributed by atoms with E-state index < -0.39 is 83.8 Å². The van der Waals surface area contributed by atoms with E-state index >= 15 is 0 Å². The van der Waals surface area contributed by atoms with Gasteiger partial charge >= 0.3 is 5.97 Å². The SMILES string of the molecule is CC(C)[C@H](N)C(=O)N[C@H](C(=O)O[C@H](CN1C[C@H]2CCCC[C@H]2C[C@H]1C(=O)NC(C)(C)C)[C@H](Cc1ccccc1)NC(=O)[C@H](CC(N)=O)NC(=O)c1ccc2ccccc2n1)C(C)C. The molecule has 1 aliphatic carbocycles. The maximum absolute atomic E-state index is 14.5. The van der Waals surface area contributed by atoms with Gasteiger partial charge in [0, 0.05) is 24.0 Å². The van der Waals surface area contributed by atoms with Crippen LogP contribution >= 0.6 is 0 Å². The maximum atomic E-state index is 14.5. The van der Waals surface area contributed by atoms with E-state index in [9.17, 15) is 28.8 Å². The quantitative estimate of drug-likeness (QED) is 0.102. The number of carbonyl (C=O) groups is 6. The average molecular weight is 869 g/mol. The fourth-order valence-electron chi connectivity index (χ4n) is 8.64. The monoisotopic (exact) mass is 869 g/mol. The van der Waals surface area contributed by atoms with Gasteiger partial charge in [0.1, 0.15) is 23.9 Å². The van der Waals surface area contributed by atoms with E-state index in [0.29, 0.717) is 30.3 Å². The molecular weight excluding hydrogens is 801 g/mol. The van der Waals surface area contributed by atoms with Crippen molar-refractivity contribution in [2.75, 3.05) is 13.1 Å². The number of likely N-dealkylation sites (tertiary alicyclic amines) is 1. The summed E-state index contributed by atoms with van der Waals surface area (Å²) < 4.78 is 6.50. The molecule has 63 heavy (non-hydrogen) atoms. The number of fused-ring (bicyclic) bond motifs is 2. The van der Waals surface area contributed by atoms with Crippen LogP contribution in [-0.4, -0.2) is 100 Å². The predicted molar refractivity (Wildman–Crippen MR) is 242 cm³/mol. The number of aromatic nitrogens is 1. The molecule has 1 saturated carbocycles. The zero-order chi connectivity index (χ0) is 46.0. The van der Waals surface area contributed by atoms with Gasteiger partial charge in [0.25, 0.3) is 5.91 Å². The summed E-state index contributed by atoms with van der Waals surface area (Å²) in [7, 11) is 0. The fourth-order valence-corrected chi connectivity index (χ4v) is 8.64. The molecule has 8 N–H and O–H groups in total. The molecule has 5 amide bonds. The third-order valence-electron chi connectivity index (χ3n) is 12.2. The average Bonchev–Trinajstić information content (AvgIpc) is 3.23. The molecule has 0 radical (unpaired) electrons. The lowest BCUT2D eigenvalue weighted by Gasteiger charge is -2.47. The number of ether oxygens (including phenoxy) is 1. The number of piperidine rings is 1. The minimum Gasteiger partial charge on any atom is -0.457 e. The summed E-state index contributed by atoms with van der Waals surface area (Å²) in [5.41, 5.74) is 12.8. The summed E-state index contributed by atoms with van der Waals surface area (Å²) in [6, 6.07) is 14.9. The summed E-state index contributed by atoms with van der Waals surface area (Å²) in [6.45, 7) is 13.6. The summed E-state index contributed by atoms with van der Waals surface area (Å²) >= 11 is 0. The first kappa shape index (κ1) is 48.6. The van der Waals surface area contributed by atoms with Crippen LogP contribution in [0.15, 0.2) is 66.7 Å². The lowest BCUT2D eigenvalue weighted by atomic mass is 9.72. The van der Waals surface area contributed by atoms with Crippen LogP contribution in [0.4, 0.5) is 0 Å². The lowest BCUT2D eigenvalue weighted by molar-refractivity contribution is -0.159. The van der Waals surface area contributed by atoms with E-state index in [2.05, 4.69) is 31.2 Å². The van der Waals surface area contributed by atoms with Gasteiger partial charge in [-0.05, 0) is 81.4 Å². The highest BCUT2D eigenvalue weighted by Gasteiger charge is 2.44. The standard InChI is InChI=1S/C48H68N8O7/c1-28(2)41(50)46(61)54-42(29(3)4)47(62)63-39(27-56-26-33-19-12-11-18-32(33)24-38(56)45(60)55-48(5,6)7)36(23-30-15-9-8-10-16-30)52-44(59)37(25-40(49)57)53-43(58)35-22-21-31-17-13-14-20-34(31)51-35/h8-10,13-17,20-22,28-29,32-33,36-39,41-42H,11-12,18-19,23-27,50H2,1-7H3,(H2,49,57)(H,52,59)(H,53,58)(H,54,61)(H,55,60)/t32-,33+,36-,37-,38-,39+,41-,42-/m0/s1. The molecule has 1 aliphatic heterocycles. The molecule has 15 heteroatoms. The van der Waals surface area contributed by atoms with Gasteiger partial charge in [0.15, 0.2) is 0 Å². The highest BCUT2D eigenvalue weighted by molar-refractivity contribution is 5.99. The van der Waals surface area contributed by atoms with Crippen LogP contribution in [0.2, 0.25) is 0 Å². The molecule has 2 fully saturated rings. The van der Waals surface area contributed by atoms with Crippen LogP contribution in [0, 0.1) is 23.7 Å². The number of pyridine rings is 1. The van der Waals surface area contributed by atoms with Crippen molar-refractivity contribution in [3.05, 3.63) is 78.0 Å². The number of carbonyl (C=O) groups excluding carboxylic acids is 6. The van der Waals surface area contributed by atoms with Crippen molar-refractivity contribution >= 4 is 46.4 Å². The van der Waals surface area contributed by atoms with Gasteiger partial charge in [0.2, 0.25) is 23.6 Å². The number of benzene rings is 2. The highest BCUT2D eigenvalue weighted by atomic mass is 16.5. The van der Waals surface area contributed by atoms with Crippen LogP contribution in [0.3, 0.4) is 0 Å². The number of nitrogens with two attached hydrogens (primary N) is 2. The van der Waals surface area contributed by atoms with E-state index in [1.54, 1.807) is 32.0 Å². The number of nitrogens with one attached hydrogen (secondary N) is 4. The van der Waals surface area contributed by atoms with Gasteiger partial charge in [-0.3, -0.25) is 28.9 Å². The van der Waals surface area contributed by atoms with E-state index in [4.69, 9.17) is 16.2 Å². The smallest absolute Gasteiger partial charge is 0.329 e. The van der Waals surface area contributed by atoms with Crippen LogP contribution < -0.4 is 32.7 Å². The molecule has 0 bridgehead atoms. The molecule has 5 rings (SSSR count). The zero-order valence-electron chi connectivity index (χ0n) is 37.9. The topological polar surface area (TPSA) is 228 Å². The molecule has 3 aromatic rings. The highest BCUT2D eigenvalue weighted by Crippen LogP contribution is 2.39. The Balaban J connectivity index is 1.54. The second kappa shape index (κ2) is 21.8. The molecule has 2 heterocycles. The molecule has 0 unspecified atom stereocenters. The van der Waals surface area contributed by atoms with Gasteiger partial charge < -0.3 is 37.5 Å². The number of amides is 5. The van der Waals surface area contributed by atoms with E-state index in [1.807, 2.05) is 77.1 Å². The van der Waals surface area contributed by atoms with Crippen LogP contribution in [0.25, 0.3) is 10.9 Å². The number of para-hydroxylation sites is 1. The minimum absolute atomic E-state index is 0.0354. The van der Waals surface area contributed by atoms with Crippen molar-refractivity contribution in [2.45, 2.75) is 135 Å². The second-order valence-corrected chi connectivity index (χ2v) is 19.1. The fraction of sp³-hybridized carbons (Fsp3) is 0.562. The van der Waals surface area contributed by atoms with Crippen molar-refractivity contribution in [2.24, 2.45) is 35.1 Å². The number of hydrogen-bond donors (Lipinski definition) is 6. The number of esters is 1. The second-order valence-electron chi connectivity index (χ2n) is 19.1. The number of rotatable bonds is 18. The largest absolute Gasteiger partial charge is 0.457 e. The molecule has 2 aromatic carbocycles. The van der Waals surface area contributed by atoms with E-state index in [0.717, 1.165) is 36.6 Å². The van der Waals surface area contributed by atoms with E-state index in [-0.39, 0.29) is 30.5 Å². The molecule has 15 nitrogen and oxygen atoms in total. The van der Waals surface area contributed by atoms with Gasteiger partial charge in [0.05, 0.1) is 30.1 Å². The Bertz CT molecular complexity index is 2070. The first-order chi connectivity index (χ1) is 29.8. The van der Waals surface area contributed by atoms with Crippen molar-refractivity contribution in [3.63, 3.8) is 0 Å². The summed E-state index contributed by atoms with van der Waals surface area (Å²) in [6.07, 6.45) is 3.35. The third-order valence-corrected chi connectivity index (χ3v) is 12.2. The zero-order valence-corrected chi connectivity index (χ0v) is 37.9. The Labute approximate surface area is 371 Å². The molecule has 2 aliphatic rings. The van der Waals surface area contributed by atoms with Crippen molar-refractivity contribution in [3.8, 4) is 0 Å².